The molecular weight excluding hydrogens is 500 g/mol. The fourth-order valence-corrected chi connectivity index (χ4v) is 5.29. The Labute approximate surface area is 235 Å². The molecule has 2 atom stereocenters. The van der Waals surface area contributed by atoms with E-state index in [1.54, 1.807) is 15.9 Å². The van der Waals surface area contributed by atoms with Gasteiger partial charge in [-0.2, -0.15) is 0 Å². The Morgan fingerprint density at radius 2 is 1.65 bits per heavy atom. The van der Waals surface area contributed by atoms with Gasteiger partial charge in [0.25, 0.3) is 0 Å². The Kier molecular flexibility index (Phi) is 8.44. The van der Waals surface area contributed by atoms with Gasteiger partial charge in [-0.25, -0.2) is 0 Å². The fraction of sp³-hybridized carbons (Fsp3) is 0.324. The Morgan fingerprint density at radius 3 is 2.38 bits per heavy atom. The van der Waals surface area contributed by atoms with Crippen molar-refractivity contribution in [3.63, 3.8) is 0 Å². The van der Waals surface area contributed by atoms with Gasteiger partial charge in [0.15, 0.2) is 5.43 Å². The first-order valence-electron chi connectivity index (χ1n) is 14.1. The molecular formula is C34H36N2O4. The van der Waals surface area contributed by atoms with E-state index in [1.165, 1.54) is 11.8 Å². The number of benzene rings is 3. The van der Waals surface area contributed by atoms with Crippen LogP contribution in [-0.2, 0) is 22.7 Å². The van der Waals surface area contributed by atoms with E-state index in [2.05, 4.69) is 19.1 Å². The highest BCUT2D eigenvalue weighted by Crippen LogP contribution is 2.48. The van der Waals surface area contributed by atoms with Gasteiger partial charge in [0.1, 0.15) is 5.58 Å². The van der Waals surface area contributed by atoms with Crippen LogP contribution in [-0.4, -0.2) is 34.7 Å². The summed E-state index contributed by atoms with van der Waals surface area (Å²) in [6, 6.07) is 25.3. The maximum absolute atomic E-state index is 13.9. The lowest BCUT2D eigenvalue weighted by Crippen LogP contribution is -2.44. The number of rotatable bonds is 11. The molecule has 1 heterocycles. The minimum absolute atomic E-state index is 0.0122. The molecule has 6 nitrogen and oxygen atoms in total. The fourth-order valence-electron chi connectivity index (χ4n) is 5.29. The van der Waals surface area contributed by atoms with Crippen LogP contribution < -0.4 is 5.43 Å². The summed E-state index contributed by atoms with van der Waals surface area (Å²) in [5.41, 5.74) is 3.89. The first kappa shape index (κ1) is 27.4. The van der Waals surface area contributed by atoms with Gasteiger partial charge in [-0.05, 0) is 48.9 Å². The molecule has 6 heteroatoms. The Bertz CT molecular complexity index is 1530. The first-order chi connectivity index (χ1) is 19.4. The second kappa shape index (κ2) is 12.3. The van der Waals surface area contributed by atoms with Gasteiger partial charge < -0.3 is 14.2 Å². The van der Waals surface area contributed by atoms with E-state index in [0.29, 0.717) is 29.6 Å². The van der Waals surface area contributed by atoms with E-state index in [1.807, 2.05) is 67.6 Å². The lowest BCUT2D eigenvalue weighted by molar-refractivity contribution is -0.142. The summed E-state index contributed by atoms with van der Waals surface area (Å²) in [6.07, 6.45) is 4.02. The number of unbranched alkanes of at least 4 members (excludes halogenated alkanes) is 1. The zero-order chi connectivity index (χ0) is 28.1. The molecule has 1 saturated carbocycles. The highest BCUT2D eigenvalue weighted by atomic mass is 16.3. The number of nitrogens with zero attached hydrogens (tertiary/aromatic N) is 2. The predicted molar refractivity (Wildman–Crippen MR) is 157 cm³/mol. The lowest BCUT2D eigenvalue weighted by atomic mass is 10.1. The standard InChI is InChI=1S/C34H36N2O4/c1-3-4-17-35(34(39)29-19-28(29)26-13-9-6-10-14-26)22-32(37)36(20-25-11-7-5-8-12-25)21-27-23-40-31-16-15-24(2)18-30(31)33(27)38/h5-16,18,23,28-29H,3-4,17,19-22H2,1-2H3. The minimum Gasteiger partial charge on any atom is -0.464 e. The average Bonchev–Trinajstić information content (AvgIpc) is 3.78. The summed E-state index contributed by atoms with van der Waals surface area (Å²) >= 11 is 0. The van der Waals surface area contributed by atoms with Crippen molar-refractivity contribution in [1.29, 1.82) is 0 Å². The first-order valence-corrected chi connectivity index (χ1v) is 14.1. The molecule has 0 bridgehead atoms. The summed E-state index contributed by atoms with van der Waals surface area (Å²) in [4.78, 5) is 44.2. The quantitative estimate of drug-likeness (QED) is 0.234. The van der Waals surface area contributed by atoms with Crippen molar-refractivity contribution < 1.29 is 14.0 Å². The van der Waals surface area contributed by atoms with Crippen LogP contribution in [0.1, 0.15) is 54.4 Å². The molecule has 206 valence electrons. The third-order valence-corrected chi connectivity index (χ3v) is 7.68. The number of hydrogen-bond donors (Lipinski definition) is 0. The van der Waals surface area contributed by atoms with Gasteiger partial charge in [-0.1, -0.05) is 85.6 Å². The van der Waals surface area contributed by atoms with Gasteiger partial charge in [0.2, 0.25) is 11.8 Å². The molecule has 40 heavy (non-hydrogen) atoms. The smallest absolute Gasteiger partial charge is 0.242 e. The number of aryl methyl sites for hydroxylation is 1. The van der Waals surface area contributed by atoms with Crippen molar-refractivity contribution in [2.24, 2.45) is 5.92 Å². The average molecular weight is 537 g/mol. The van der Waals surface area contributed by atoms with E-state index in [4.69, 9.17) is 4.42 Å². The SMILES string of the molecule is CCCCN(CC(=O)N(Cc1ccccc1)Cc1coc2ccc(C)cc2c1=O)C(=O)C1CC1c1ccccc1. The lowest BCUT2D eigenvalue weighted by Gasteiger charge is -2.28. The van der Waals surface area contributed by atoms with Crippen LogP contribution >= 0.6 is 0 Å². The van der Waals surface area contributed by atoms with Crippen molar-refractivity contribution in [1.82, 2.24) is 9.80 Å². The van der Waals surface area contributed by atoms with E-state index < -0.39 is 0 Å². The van der Waals surface area contributed by atoms with Crippen molar-refractivity contribution in [3.8, 4) is 0 Å². The molecule has 1 aromatic heterocycles. The minimum atomic E-state index is -0.186. The van der Waals surface area contributed by atoms with Gasteiger partial charge >= 0.3 is 0 Å². The van der Waals surface area contributed by atoms with Gasteiger partial charge in [0.05, 0.1) is 30.3 Å². The van der Waals surface area contributed by atoms with E-state index >= 15 is 0 Å². The number of amides is 2. The van der Waals surface area contributed by atoms with E-state index in [9.17, 15) is 14.4 Å². The van der Waals surface area contributed by atoms with Gasteiger partial charge in [-0.3, -0.25) is 14.4 Å². The highest BCUT2D eigenvalue weighted by molar-refractivity contribution is 5.88. The molecule has 1 fully saturated rings. The normalized spacial score (nSPS) is 16.1. The van der Waals surface area contributed by atoms with Crippen LogP contribution in [0.4, 0.5) is 0 Å². The molecule has 0 saturated heterocycles. The molecule has 0 radical (unpaired) electrons. The second-order valence-electron chi connectivity index (χ2n) is 10.8. The van der Waals surface area contributed by atoms with Crippen molar-refractivity contribution in [2.45, 2.75) is 52.1 Å². The molecule has 0 spiro atoms. The van der Waals surface area contributed by atoms with Crippen LogP contribution in [0.5, 0.6) is 0 Å². The Hall–Kier alpha value is -4.19. The molecule has 3 aromatic carbocycles. The van der Waals surface area contributed by atoms with E-state index in [-0.39, 0.29) is 42.2 Å². The molecule has 2 amide bonds. The van der Waals surface area contributed by atoms with Crippen LogP contribution in [0.2, 0.25) is 0 Å². The molecule has 1 aliphatic carbocycles. The van der Waals surface area contributed by atoms with Gasteiger partial charge in [0, 0.05) is 19.0 Å². The molecule has 5 rings (SSSR count). The maximum atomic E-state index is 13.9. The van der Waals surface area contributed by atoms with Crippen molar-refractivity contribution in [2.75, 3.05) is 13.1 Å². The monoisotopic (exact) mass is 536 g/mol. The van der Waals surface area contributed by atoms with Crippen molar-refractivity contribution in [3.05, 3.63) is 118 Å². The zero-order valence-electron chi connectivity index (χ0n) is 23.2. The Morgan fingerprint density at radius 1 is 0.925 bits per heavy atom. The van der Waals surface area contributed by atoms with Crippen LogP contribution in [0, 0.1) is 12.8 Å². The van der Waals surface area contributed by atoms with Crippen LogP contribution in [0.25, 0.3) is 11.0 Å². The summed E-state index contributed by atoms with van der Waals surface area (Å²) < 4.78 is 5.77. The highest BCUT2D eigenvalue weighted by Gasteiger charge is 2.46. The van der Waals surface area contributed by atoms with E-state index in [0.717, 1.165) is 30.4 Å². The molecule has 4 aromatic rings. The largest absolute Gasteiger partial charge is 0.464 e. The number of hydrogen-bond acceptors (Lipinski definition) is 4. The zero-order valence-corrected chi connectivity index (χ0v) is 23.2. The predicted octanol–water partition coefficient (Wildman–Crippen LogP) is 6.06. The van der Waals surface area contributed by atoms with Crippen LogP contribution in [0.3, 0.4) is 0 Å². The molecule has 1 aliphatic rings. The Balaban J connectivity index is 1.38. The summed E-state index contributed by atoms with van der Waals surface area (Å²) in [6.45, 7) is 4.97. The summed E-state index contributed by atoms with van der Waals surface area (Å²) in [5.74, 6) is -0.0330. The summed E-state index contributed by atoms with van der Waals surface area (Å²) in [7, 11) is 0. The molecule has 0 aliphatic heterocycles. The number of fused-ring (bicyclic) bond motifs is 1. The second-order valence-corrected chi connectivity index (χ2v) is 10.8. The maximum Gasteiger partial charge on any atom is 0.242 e. The van der Waals surface area contributed by atoms with Crippen LogP contribution in [0.15, 0.2) is 94.3 Å². The number of carbonyl (C=O) groups is 2. The third kappa shape index (κ3) is 6.33. The molecule has 0 N–H and O–H groups in total. The summed E-state index contributed by atoms with van der Waals surface area (Å²) in [5, 5.41) is 0.505. The number of carbonyl (C=O) groups excluding carboxylic acids is 2. The molecule has 2 unspecified atom stereocenters. The third-order valence-electron chi connectivity index (χ3n) is 7.68. The van der Waals surface area contributed by atoms with Crippen molar-refractivity contribution >= 4 is 22.8 Å². The van der Waals surface area contributed by atoms with Gasteiger partial charge in [-0.15, -0.1) is 0 Å². The topological polar surface area (TPSA) is 70.8 Å².